The van der Waals surface area contributed by atoms with E-state index in [0.717, 1.165) is 19.6 Å². The number of aromatic nitrogens is 2. The van der Waals surface area contributed by atoms with E-state index in [2.05, 4.69) is 29.2 Å². The lowest BCUT2D eigenvalue weighted by Crippen LogP contribution is -2.58. The Morgan fingerprint density at radius 1 is 1.46 bits per heavy atom. The number of hydrogen-bond acceptors (Lipinski definition) is 4. The minimum absolute atomic E-state index is 0.00211. The minimum atomic E-state index is -0.702. The molecule has 1 aliphatic heterocycles. The van der Waals surface area contributed by atoms with Crippen LogP contribution in [-0.4, -0.2) is 75.1 Å². The van der Waals surface area contributed by atoms with Gasteiger partial charge in [-0.05, 0) is 32.8 Å². The first kappa shape index (κ1) is 18.7. The van der Waals surface area contributed by atoms with Crippen LogP contribution in [0.25, 0.3) is 0 Å². The number of nitrogens with zero attached hydrogens (tertiary/aromatic N) is 4. The number of hydrogen-bond donors (Lipinski definition) is 2. The van der Waals surface area contributed by atoms with E-state index in [1.165, 1.54) is 0 Å². The van der Waals surface area contributed by atoms with E-state index >= 15 is 0 Å². The molecule has 7 nitrogen and oxygen atoms in total. The van der Waals surface area contributed by atoms with Gasteiger partial charge in [0.1, 0.15) is 0 Å². The second-order valence-corrected chi connectivity index (χ2v) is 7.61. The Kier molecular flexibility index (Phi) is 6.23. The van der Waals surface area contributed by atoms with Crippen molar-refractivity contribution in [3.63, 3.8) is 0 Å². The standard InChI is InChI=1S/C17H31N5O2/c1-14(11-21-7-5-6-19-21)10-18-16(23)22-9-8-20(12-15(22)2)13-17(3,4)24/h5-7,14-15,24H,8-13H2,1-4H3,(H,18,23)/t14-,15+/m1/s1. The highest BCUT2D eigenvalue weighted by Gasteiger charge is 2.29. The summed E-state index contributed by atoms with van der Waals surface area (Å²) in [5.74, 6) is 0.320. The van der Waals surface area contributed by atoms with Crippen LogP contribution >= 0.6 is 0 Å². The van der Waals surface area contributed by atoms with E-state index in [0.29, 0.717) is 25.6 Å². The van der Waals surface area contributed by atoms with Crippen molar-refractivity contribution < 1.29 is 9.90 Å². The monoisotopic (exact) mass is 337 g/mol. The van der Waals surface area contributed by atoms with Gasteiger partial charge in [0.15, 0.2) is 0 Å². The van der Waals surface area contributed by atoms with Crippen LogP contribution in [0.15, 0.2) is 18.5 Å². The third-order valence-electron chi connectivity index (χ3n) is 4.24. The average molecular weight is 337 g/mol. The number of nitrogens with one attached hydrogen (secondary N) is 1. The number of carbonyl (C=O) groups excluding carboxylic acids is 1. The van der Waals surface area contributed by atoms with Gasteiger partial charge < -0.3 is 15.3 Å². The summed E-state index contributed by atoms with van der Waals surface area (Å²) in [4.78, 5) is 16.5. The molecule has 0 bridgehead atoms. The molecule has 0 spiro atoms. The summed E-state index contributed by atoms with van der Waals surface area (Å²) in [5.41, 5.74) is -0.702. The molecule has 0 saturated carbocycles. The average Bonchev–Trinajstić information content (AvgIpc) is 2.96. The lowest BCUT2D eigenvalue weighted by Gasteiger charge is -2.41. The molecule has 1 aromatic rings. The lowest BCUT2D eigenvalue weighted by molar-refractivity contribution is 0.0118. The summed E-state index contributed by atoms with van der Waals surface area (Å²) in [6, 6.07) is 2.04. The van der Waals surface area contributed by atoms with Crippen LogP contribution in [0.1, 0.15) is 27.7 Å². The first-order valence-electron chi connectivity index (χ1n) is 8.71. The summed E-state index contributed by atoms with van der Waals surface area (Å²) in [6.45, 7) is 12.1. The zero-order valence-corrected chi connectivity index (χ0v) is 15.3. The van der Waals surface area contributed by atoms with Crippen molar-refractivity contribution in [2.24, 2.45) is 5.92 Å². The molecule has 2 N–H and O–H groups in total. The molecular formula is C17H31N5O2. The zero-order valence-electron chi connectivity index (χ0n) is 15.3. The molecule has 136 valence electrons. The zero-order chi connectivity index (χ0) is 17.7. The smallest absolute Gasteiger partial charge is 0.317 e. The van der Waals surface area contributed by atoms with Gasteiger partial charge in [0, 0.05) is 57.7 Å². The fourth-order valence-electron chi connectivity index (χ4n) is 3.18. The van der Waals surface area contributed by atoms with Crippen molar-refractivity contribution in [1.82, 2.24) is 24.9 Å². The van der Waals surface area contributed by atoms with E-state index in [9.17, 15) is 9.90 Å². The van der Waals surface area contributed by atoms with Crippen LogP contribution in [-0.2, 0) is 6.54 Å². The minimum Gasteiger partial charge on any atom is -0.389 e. The van der Waals surface area contributed by atoms with E-state index in [-0.39, 0.29) is 12.1 Å². The molecule has 0 aromatic carbocycles. The maximum absolute atomic E-state index is 12.4. The molecular weight excluding hydrogens is 306 g/mol. The molecule has 2 atom stereocenters. The van der Waals surface area contributed by atoms with Crippen molar-refractivity contribution in [3.05, 3.63) is 18.5 Å². The number of amides is 2. The summed E-state index contributed by atoms with van der Waals surface area (Å²) in [5, 5.41) is 17.2. The fourth-order valence-corrected chi connectivity index (χ4v) is 3.18. The molecule has 1 aliphatic rings. The molecule has 2 amide bonds. The first-order valence-corrected chi connectivity index (χ1v) is 8.71. The quantitative estimate of drug-likeness (QED) is 0.812. The molecule has 7 heteroatoms. The van der Waals surface area contributed by atoms with Crippen molar-refractivity contribution in [3.8, 4) is 0 Å². The summed E-state index contributed by atoms with van der Waals surface area (Å²) in [7, 11) is 0. The van der Waals surface area contributed by atoms with E-state index < -0.39 is 5.60 Å². The van der Waals surface area contributed by atoms with Gasteiger partial charge in [0.2, 0.25) is 0 Å². The molecule has 0 unspecified atom stereocenters. The van der Waals surface area contributed by atoms with Crippen LogP contribution in [0.2, 0.25) is 0 Å². The highest BCUT2D eigenvalue weighted by atomic mass is 16.3. The van der Waals surface area contributed by atoms with Crippen molar-refractivity contribution in [2.75, 3.05) is 32.7 Å². The van der Waals surface area contributed by atoms with E-state index in [1.54, 1.807) is 6.20 Å². The molecule has 0 radical (unpaired) electrons. The maximum Gasteiger partial charge on any atom is 0.317 e. The predicted molar refractivity (Wildman–Crippen MR) is 93.7 cm³/mol. The molecule has 2 heterocycles. The first-order chi connectivity index (χ1) is 11.2. The Morgan fingerprint density at radius 3 is 2.79 bits per heavy atom. The molecule has 1 aromatic heterocycles. The summed E-state index contributed by atoms with van der Waals surface area (Å²) in [6.07, 6.45) is 3.70. The highest BCUT2D eigenvalue weighted by molar-refractivity contribution is 5.74. The normalized spacial score (nSPS) is 20.9. The van der Waals surface area contributed by atoms with Gasteiger partial charge in [-0.3, -0.25) is 9.58 Å². The van der Waals surface area contributed by atoms with Gasteiger partial charge in [0.05, 0.1) is 5.60 Å². The SMILES string of the molecule is C[C@H](CNC(=O)N1CCN(CC(C)(C)O)C[C@@H]1C)Cn1cccn1. The fraction of sp³-hybridized carbons (Fsp3) is 0.765. The van der Waals surface area contributed by atoms with Crippen LogP contribution in [0.3, 0.4) is 0 Å². The lowest BCUT2D eigenvalue weighted by atomic mass is 10.1. The van der Waals surface area contributed by atoms with Crippen LogP contribution in [0.5, 0.6) is 0 Å². The molecule has 24 heavy (non-hydrogen) atoms. The molecule has 1 saturated heterocycles. The third kappa shape index (κ3) is 5.79. The van der Waals surface area contributed by atoms with E-state index in [1.807, 2.05) is 35.7 Å². The molecule has 2 rings (SSSR count). The summed E-state index contributed by atoms with van der Waals surface area (Å²) < 4.78 is 1.88. The van der Waals surface area contributed by atoms with Crippen LogP contribution in [0, 0.1) is 5.92 Å². The number of carbonyl (C=O) groups is 1. The second kappa shape index (κ2) is 7.98. The second-order valence-electron chi connectivity index (χ2n) is 7.61. The number of β-amino-alcohol motifs (C(OH)–C–C–N with tert-alkyl or cyclic N) is 1. The van der Waals surface area contributed by atoms with Crippen LogP contribution < -0.4 is 5.32 Å². The molecule has 1 fully saturated rings. The van der Waals surface area contributed by atoms with Gasteiger partial charge in [-0.25, -0.2) is 4.79 Å². The van der Waals surface area contributed by atoms with Gasteiger partial charge in [0.25, 0.3) is 0 Å². The number of urea groups is 1. The van der Waals surface area contributed by atoms with Gasteiger partial charge in [-0.1, -0.05) is 6.92 Å². The molecule has 0 aliphatic carbocycles. The number of piperazine rings is 1. The van der Waals surface area contributed by atoms with E-state index in [4.69, 9.17) is 0 Å². The maximum atomic E-state index is 12.4. The largest absolute Gasteiger partial charge is 0.389 e. The number of aliphatic hydroxyl groups is 1. The Hall–Kier alpha value is -1.60. The predicted octanol–water partition coefficient (Wildman–Crippen LogP) is 1.01. The van der Waals surface area contributed by atoms with Crippen LogP contribution in [0.4, 0.5) is 4.79 Å². The van der Waals surface area contributed by atoms with Gasteiger partial charge >= 0.3 is 6.03 Å². The Balaban J connectivity index is 1.74. The van der Waals surface area contributed by atoms with Gasteiger partial charge in [-0.15, -0.1) is 0 Å². The van der Waals surface area contributed by atoms with Gasteiger partial charge in [-0.2, -0.15) is 5.10 Å². The summed E-state index contributed by atoms with van der Waals surface area (Å²) >= 11 is 0. The Morgan fingerprint density at radius 2 is 2.21 bits per heavy atom. The van der Waals surface area contributed by atoms with Crippen molar-refractivity contribution >= 4 is 6.03 Å². The van der Waals surface area contributed by atoms with Crippen molar-refractivity contribution in [1.29, 1.82) is 0 Å². The highest BCUT2D eigenvalue weighted by Crippen LogP contribution is 2.13. The Bertz CT molecular complexity index is 512. The topological polar surface area (TPSA) is 73.6 Å². The number of rotatable bonds is 6. The Labute approximate surface area is 144 Å². The third-order valence-corrected chi connectivity index (χ3v) is 4.24. The van der Waals surface area contributed by atoms with Crippen molar-refractivity contribution in [2.45, 2.75) is 45.9 Å².